The molecule has 4 nitrogen and oxygen atoms in total. The summed E-state index contributed by atoms with van der Waals surface area (Å²) in [4.78, 5) is 18.8. The van der Waals surface area contributed by atoms with Crippen molar-refractivity contribution in [3.63, 3.8) is 0 Å². The van der Waals surface area contributed by atoms with Gasteiger partial charge in [-0.1, -0.05) is 37.3 Å². The molecule has 0 saturated carbocycles. The first-order valence-corrected chi connectivity index (χ1v) is 11.0. The van der Waals surface area contributed by atoms with Gasteiger partial charge in [-0.05, 0) is 55.2 Å². The summed E-state index contributed by atoms with van der Waals surface area (Å²) in [6.45, 7) is 7.09. The second kappa shape index (κ2) is 8.86. The number of hydrogen-bond acceptors (Lipinski definition) is 3. The highest BCUT2D eigenvalue weighted by Crippen LogP contribution is 2.30. The minimum Gasteiger partial charge on any atom is -0.490 e. The van der Waals surface area contributed by atoms with E-state index in [1.54, 1.807) is 0 Å². The van der Waals surface area contributed by atoms with Crippen molar-refractivity contribution in [1.29, 1.82) is 0 Å². The van der Waals surface area contributed by atoms with Crippen LogP contribution in [-0.4, -0.2) is 34.5 Å². The quantitative estimate of drug-likeness (QED) is 0.544. The Balaban J connectivity index is 1.44. The number of fused-ring (bicyclic) bond motifs is 1. The van der Waals surface area contributed by atoms with Crippen LogP contribution in [0.1, 0.15) is 45.1 Å². The van der Waals surface area contributed by atoms with Crippen molar-refractivity contribution >= 4 is 16.8 Å². The average molecular weight is 403 g/mol. The molecule has 1 aliphatic heterocycles. The molecule has 3 aromatic rings. The number of benzene rings is 2. The molecule has 0 spiro atoms. The van der Waals surface area contributed by atoms with E-state index in [2.05, 4.69) is 68.2 Å². The number of nitrogens with zero attached hydrogens (tertiary/aromatic N) is 2. The molecule has 0 unspecified atom stereocenters. The van der Waals surface area contributed by atoms with Crippen molar-refractivity contribution in [2.24, 2.45) is 0 Å². The van der Waals surface area contributed by atoms with Crippen LogP contribution in [0.15, 0.2) is 54.7 Å². The number of rotatable bonds is 5. The lowest BCUT2D eigenvalue weighted by Crippen LogP contribution is -2.47. The number of ether oxygens (including phenoxy) is 1. The van der Waals surface area contributed by atoms with Crippen LogP contribution in [0.5, 0.6) is 5.75 Å². The van der Waals surface area contributed by atoms with Gasteiger partial charge in [-0.2, -0.15) is 0 Å². The van der Waals surface area contributed by atoms with Gasteiger partial charge < -0.3 is 9.64 Å². The number of piperidine rings is 1. The van der Waals surface area contributed by atoms with Crippen LogP contribution in [0.2, 0.25) is 0 Å². The first kappa shape index (κ1) is 20.4. The summed E-state index contributed by atoms with van der Waals surface area (Å²) >= 11 is 0. The van der Waals surface area contributed by atoms with E-state index in [9.17, 15) is 4.79 Å². The molecule has 2 aromatic carbocycles. The summed E-state index contributed by atoms with van der Waals surface area (Å²) in [6.07, 6.45) is 5.31. The number of amides is 1. The first-order chi connectivity index (χ1) is 14.6. The van der Waals surface area contributed by atoms with Gasteiger partial charge in [0.2, 0.25) is 5.91 Å². The lowest BCUT2D eigenvalue weighted by molar-refractivity contribution is -0.135. The van der Waals surface area contributed by atoms with Gasteiger partial charge in [0.25, 0.3) is 0 Å². The van der Waals surface area contributed by atoms with E-state index in [1.807, 2.05) is 17.2 Å². The second-order valence-electron chi connectivity index (χ2n) is 8.29. The van der Waals surface area contributed by atoms with Crippen molar-refractivity contribution in [1.82, 2.24) is 9.88 Å². The molecule has 1 aromatic heterocycles. The smallest absolute Gasteiger partial charge is 0.222 e. The zero-order valence-corrected chi connectivity index (χ0v) is 18.1. The maximum absolute atomic E-state index is 12.2. The van der Waals surface area contributed by atoms with Crippen LogP contribution in [0, 0.1) is 6.92 Å². The Kier molecular flexibility index (Phi) is 6.03. The molecule has 2 atom stereocenters. The Morgan fingerprint density at radius 2 is 1.97 bits per heavy atom. The number of aromatic nitrogens is 1. The molecule has 0 bridgehead atoms. The molecule has 0 N–H and O–H groups in total. The van der Waals surface area contributed by atoms with Crippen LogP contribution < -0.4 is 4.74 Å². The largest absolute Gasteiger partial charge is 0.490 e. The summed E-state index contributed by atoms with van der Waals surface area (Å²) in [5.74, 6) is 1.16. The lowest BCUT2D eigenvalue weighted by Gasteiger charge is -2.37. The van der Waals surface area contributed by atoms with E-state index < -0.39 is 0 Å². The topological polar surface area (TPSA) is 42.4 Å². The molecular formula is C26H30N2O2. The SMILES string of the molecule is CCCC(=O)N1CC[C@@H](Oc2ccc(-c3ccc4cccnc4c3C)cc2)C[C@@H]1C. The van der Waals surface area contributed by atoms with Gasteiger partial charge >= 0.3 is 0 Å². The molecule has 156 valence electrons. The van der Waals surface area contributed by atoms with Crippen LogP contribution in [-0.2, 0) is 4.79 Å². The summed E-state index contributed by atoms with van der Waals surface area (Å²) in [7, 11) is 0. The molecule has 4 heteroatoms. The Labute approximate surface area is 178 Å². The van der Waals surface area contributed by atoms with Gasteiger partial charge in [0.15, 0.2) is 0 Å². The van der Waals surface area contributed by atoms with Crippen molar-refractivity contribution < 1.29 is 9.53 Å². The monoisotopic (exact) mass is 402 g/mol. The third-order valence-corrected chi connectivity index (χ3v) is 6.11. The highest BCUT2D eigenvalue weighted by Gasteiger charge is 2.29. The van der Waals surface area contributed by atoms with Crippen molar-refractivity contribution in [3.05, 3.63) is 60.3 Å². The predicted octanol–water partition coefficient (Wildman–Crippen LogP) is 5.77. The zero-order valence-electron chi connectivity index (χ0n) is 18.1. The Morgan fingerprint density at radius 1 is 1.17 bits per heavy atom. The van der Waals surface area contributed by atoms with Crippen LogP contribution in [0.4, 0.5) is 0 Å². The van der Waals surface area contributed by atoms with E-state index in [0.717, 1.165) is 42.5 Å². The maximum Gasteiger partial charge on any atom is 0.222 e. The molecule has 1 fully saturated rings. The molecule has 1 amide bonds. The number of likely N-dealkylation sites (tertiary alicyclic amines) is 1. The molecular weight excluding hydrogens is 372 g/mol. The number of aryl methyl sites for hydroxylation is 1. The minimum atomic E-state index is 0.156. The maximum atomic E-state index is 12.2. The number of carbonyl (C=O) groups excluding carboxylic acids is 1. The first-order valence-electron chi connectivity index (χ1n) is 11.0. The third-order valence-electron chi connectivity index (χ3n) is 6.11. The van der Waals surface area contributed by atoms with Crippen LogP contribution in [0.3, 0.4) is 0 Å². The van der Waals surface area contributed by atoms with E-state index in [4.69, 9.17) is 4.74 Å². The van der Waals surface area contributed by atoms with Crippen molar-refractivity contribution in [2.75, 3.05) is 6.54 Å². The Bertz CT molecular complexity index is 1030. The summed E-state index contributed by atoms with van der Waals surface area (Å²) < 4.78 is 6.25. The van der Waals surface area contributed by atoms with E-state index in [1.165, 1.54) is 16.7 Å². The van der Waals surface area contributed by atoms with Gasteiger partial charge in [-0.25, -0.2) is 0 Å². The third kappa shape index (κ3) is 4.18. The molecule has 0 radical (unpaired) electrons. The average Bonchev–Trinajstić information content (AvgIpc) is 2.75. The highest BCUT2D eigenvalue weighted by molar-refractivity contribution is 5.88. The molecule has 1 aliphatic rings. The van der Waals surface area contributed by atoms with Gasteiger partial charge in [-0.3, -0.25) is 9.78 Å². The van der Waals surface area contributed by atoms with Gasteiger partial charge in [0, 0.05) is 43.4 Å². The summed E-state index contributed by atoms with van der Waals surface area (Å²) in [5.41, 5.74) is 4.61. The fourth-order valence-electron chi connectivity index (χ4n) is 4.47. The van der Waals surface area contributed by atoms with Crippen LogP contribution >= 0.6 is 0 Å². The van der Waals surface area contributed by atoms with E-state index in [-0.39, 0.29) is 18.1 Å². The second-order valence-corrected chi connectivity index (χ2v) is 8.29. The summed E-state index contributed by atoms with van der Waals surface area (Å²) in [6, 6.07) is 16.9. The van der Waals surface area contributed by atoms with Gasteiger partial charge in [0.1, 0.15) is 11.9 Å². The Morgan fingerprint density at radius 3 is 2.70 bits per heavy atom. The minimum absolute atomic E-state index is 0.156. The number of hydrogen-bond donors (Lipinski definition) is 0. The fraction of sp³-hybridized carbons (Fsp3) is 0.385. The zero-order chi connectivity index (χ0) is 21.1. The number of pyridine rings is 1. The molecule has 4 rings (SSSR count). The Hall–Kier alpha value is -2.88. The lowest BCUT2D eigenvalue weighted by atomic mass is 9.97. The van der Waals surface area contributed by atoms with Gasteiger partial charge in [-0.15, -0.1) is 0 Å². The van der Waals surface area contributed by atoms with E-state index >= 15 is 0 Å². The molecule has 2 heterocycles. The number of carbonyl (C=O) groups is 1. The molecule has 0 aliphatic carbocycles. The summed E-state index contributed by atoms with van der Waals surface area (Å²) in [5, 5.41) is 1.16. The van der Waals surface area contributed by atoms with Crippen molar-refractivity contribution in [3.8, 4) is 16.9 Å². The highest BCUT2D eigenvalue weighted by atomic mass is 16.5. The predicted molar refractivity (Wildman–Crippen MR) is 122 cm³/mol. The molecule has 30 heavy (non-hydrogen) atoms. The fourth-order valence-corrected chi connectivity index (χ4v) is 4.47. The standard InChI is InChI=1S/C26H30N2O2/c1-4-6-25(29)28-16-14-23(17-18(28)2)30-22-11-8-20(9-12-22)24-13-10-21-7-5-15-27-26(21)19(24)3/h5,7-13,15,18,23H,4,6,14,16-17H2,1-3H3/t18-,23+/m0/s1. The van der Waals surface area contributed by atoms with Crippen LogP contribution in [0.25, 0.3) is 22.0 Å². The van der Waals surface area contributed by atoms with Gasteiger partial charge in [0.05, 0.1) is 5.52 Å². The van der Waals surface area contributed by atoms with E-state index in [0.29, 0.717) is 6.42 Å². The molecule has 1 saturated heterocycles. The normalized spacial score (nSPS) is 19.1. The van der Waals surface area contributed by atoms with Crippen molar-refractivity contribution in [2.45, 2.75) is 58.6 Å².